The molecular formula is C6H7IO3. The average Bonchev–Trinajstić information content (AvgIpc) is 1.82. The fourth-order valence-corrected chi connectivity index (χ4v) is 1.56. The Morgan fingerprint density at radius 2 is 2.20 bits per heavy atom. The van der Waals surface area contributed by atoms with E-state index in [-0.39, 0.29) is 12.2 Å². The third kappa shape index (κ3) is 1.56. The van der Waals surface area contributed by atoms with Crippen molar-refractivity contribution in [1.29, 1.82) is 0 Å². The van der Waals surface area contributed by atoms with Crippen LogP contribution in [0.1, 0.15) is 6.42 Å². The van der Waals surface area contributed by atoms with Crippen LogP contribution in [0.2, 0.25) is 0 Å². The highest BCUT2D eigenvalue weighted by Crippen LogP contribution is 2.21. The van der Waals surface area contributed by atoms with Gasteiger partial charge in [-0.25, -0.2) is 0 Å². The molecule has 2 atom stereocenters. The quantitative estimate of drug-likeness (QED) is 0.598. The molecule has 0 amide bonds. The van der Waals surface area contributed by atoms with Crippen LogP contribution in [0.5, 0.6) is 0 Å². The SMILES string of the molecule is O=C1C=C(I)[C@@H](O)[C@@H](O)C1. The van der Waals surface area contributed by atoms with E-state index in [0.29, 0.717) is 3.58 Å². The molecule has 56 valence electrons. The van der Waals surface area contributed by atoms with Crippen LogP contribution in [0.25, 0.3) is 0 Å². The molecule has 10 heavy (non-hydrogen) atoms. The Kier molecular flexibility index (Phi) is 2.43. The first-order valence-corrected chi connectivity index (χ1v) is 3.95. The average molecular weight is 254 g/mol. The van der Waals surface area contributed by atoms with Crippen molar-refractivity contribution >= 4 is 28.4 Å². The summed E-state index contributed by atoms with van der Waals surface area (Å²) in [6, 6.07) is 0. The van der Waals surface area contributed by atoms with Crippen LogP contribution in [0.3, 0.4) is 0 Å². The van der Waals surface area contributed by atoms with Gasteiger partial charge in [0.1, 0.15) is 6.10 Å². The third-order valence-electron chi connectivity index (χ3n) is 1.36. The van der Waals surface area contributed by atoms with Crippen molar-refractivity contribution < 1.29 is 15.0 Å². The van der Waals surface area contributed by atoms with Crippen molar-refractivity contribution in [1.82, 2.24) is 0 Å². The number of aliphatic hydroxyl groups is 2. The second-order valence-electron chi connectivity index (χ2n) is 2.21. The van der Waals surface area contributed by atoms with Gasteiger partial charge in [0.05, 0.1) is 6.10 Å². The molecule has 1 aliphatic carbocycles. The molecule has 0 aromatic rings. The topological polar surface area (TPSA) is 57.5 Å². The van der Waals surface area contributed by atoms with E-state index in [2.05, 4.69) is 0 Å². The Labute approximate surface area is 71.9 Å². The van der Waals surface area contributed by atoms with Gasteiger partial charge < -0.3 is 10.2 Å². The number of hydrogen-bond donors (Lipinski definition) is 2. The summed E-state index contributed by atoms with van der Waals surface area (Å²) in [6.45, 7) is 0. The van der Waals surface area contributed by atoms with Crippen LogP contribution in [0.15, 0.2) is 9.66 Å². The van der Waals surface area contributed by atoms with Gasteiger partial charge in [0.15, 0.2) is 5.78 Å². The summed E-state index contributed by atoms with van der Waals surface area (Å²) in [4.78, 5) is 10.7. The number of allylic oxidation sites excluding steroid dienone is 1. The van der Waals surface area contributed by atoms with Crippen LogP contribution < -0.4 is 0 Å². The monoisotopic (exact) mass is 254 g/mol. The van der Waals surface area contributed by atoms with E-state index >= 15 is 0 Å². The standard InChI is InChI=1S/C6H7IO3/c7-4-1-3(8)2-5(9)6(4)10/h1,5-6,9-10H,2H2/t5-,6+/m0/s1. The van der Waals surface area contributed by atoms with Crippen LogP contribution in [-0.4, -0.2) is 28.2 Å². The number of rotatable bonds is 0. The lowest BCUT2D eigenvalue weighted by molar-refractivity contribution is -0.118. The molecule has 3 nitrogen and oxygen atoms in total. The lowest BCUT2D eigenvalue weighted by atomic mass is 10.0. The molecule has 0 aliphatic heterocycles. The molecule has 0 saturated carbocycles. The van der Waals surface area contributed by atoms with Crippen molar-refractivity contribution in [2.75, 3.05) is 0 Å². The van der Waals surface area contributed by atoms with Crippen molar-refractivity contribution in [3.8, 4) is 0 Å². The maximum absolute atomic E-state index is 10.7. The molecule has 2 N–H and O–H groups in total. The maximum atomic E-state index is 10.7. The van der Waals surface area contributed by atoms with E-state index in [1.165, 1.54) is 6.08 Å². The number of carbonyl (C=O) groups is 1. The highest BCUT2D eigenvalue weighted by atomic mass is 127. The molecular weight excluding hydrogens is 247 g/mol. The van der Waals surface area contributed by atoms with Gasteiger partial charge in [-0.15, -0.1) is 0 Å². The molecule has 0 fully saturated rings. The fraction of sp³-hybridized carbons (Fsp3) is 0.500. The zero-order valence-electron chi connectivity index (χ0n) is 5.12. The normalized spacial score (nSPS) is 33.9. The molecule has 0 unspecified atom stereocenters. The molecule has 4 heteroatoms. The third-order valence-corrected chi connectivity index (χ3v) is 2.31. The summed E-state index contributed by atoms with van der Waals surface area (Å²) in [5.74, 6) is -0.123. The fourth-order valence-electron chi connectivity index (χ4n) is 0.800. The molecule has 0 radical (unpaired) electrons. The number of ketones is 1. The minimum Gasteiger partial charge on any atom is -0.390 e. The summed E-state index contributed by atoms with van der Waals surface area (Å²) in [6.07, 6.45) is -0.381. The molecule has 1 aliphatic rings. The molecule has 0 bridgehead atoms. The zero-order chi connectivity index (χ0) is 7.72. The van der Waals surface area contributed by atoms with Gasteiger partial charge in [-0.2, -0.15) is 0 Å². The van der Waals surface area contributed by atoms with Gasteiger partial charge in [0, 0.05) is 10.0 Å². The molecule has 1 rings (SSSR count). The van der Waals surface area contributed by atoms with Crippen LogP contribution in [-0.2, 0) is 4.79 Å². The molecule has 0 heterocycles. The summed E-state index contributed by atoms with van der Waals surface area (Å²) in [5, 5.41) is 18.1. The lowest BCUT2D eigenvalue weighted by Gasteiger charge is -2.19. The van der Waals surface area contributed by atoms with Crippen molar-refractivity contribution in [3.05, 3.63) is 9.66 Å². The van der Waals surface area contributed by atoms with Gasteiger partial charge in [-0.05, 0) is 28.7 Å². The molecule has 0 spiro atoms. The van der Waals surface area contributed by atoms with Crippen molar-refractivity contribution in [3.63, 3.8) is 0 Å². The first kappa shape index (κ1) is 8.16. The summed E-state index contributed by atoms with van der Waals surface area (Å²) in [7, 11) is 0. The molecule has 0 aromatic carbocycles. The van der Waals surface area contributed by atoms with E-state index in [4.69, 9.17) is 10.2 Å². The summed E-state index contributed by atoms with van der Waals surface area (Å²) < 4.78 is 0.515. The Bertz CT molecular complexity index is 187. The van der Waals surface area contributed by atoms with Crippen molar-refractivity contribution in [2.45, 2.75) is 18.6 Å². The van der Waals surface area contributed by atoms with Gasteiger partial charge in [-0.3, -0.25) is 4.79 Å². The maximum Gasteiger partial charge on any atom is 0.159 e. The first-order chi connectivity index (χ1) is 4.61. The van der Waals surface area contributed by atoms with E-state index < -0.39 is 12.2 Å². The van der Waals surface area contributed by atoms with E-state index in [9.17, 15) is 4.79 Å². The first-order valence-electron chi connectivity index (χ1n) is 2.87. The summed E-state index contributed by atoms with van der Waals surface area (Å²) >= 11 is 1.84. The lowest BCUT2D eigenvalue weighted by Crippen LogP contribution is -2.32. The van der Waals surface area contributed by atoms with Crippen LogP contribution in [0, 0.1) is 0 Å². The Balaban J connectivity index is 2.80. The smallest absolute Gasteiger partial charge is 0.159 e. The highest BCUT2D eigenvalue weighted by molar-refractivity contribution is 14.1. The van der Waals surface area contributed by atoms with Gasteiger partial charge in [0.25, 0.3) is 0 Å². The minimum atomic E-state index is -0.913. The highest BCUT2D eigenvalue weighted by Gasteiger charge is 2.26. The van der Waals surface area contributed by atoms with Gasteiger partial charge in [0.2, 0.25) is 0 Å². The zero-order valence-corrected chi connectivity index (χ0v) is 7.28. The number of carbonyl (C=O) groups excluding carboxylic acids is 1. The molecule has 0 aromatic heterocycles. The number of aliphatic hydroxyl groups excluding tert-OH is 2. The van der Waals surface area contributed by atoms with E-state index in [1.807, 2.05) is 22.6 Å². The Morgan fingerprint density at radius 3 is 2.70 bits per heavy atom. The largest absolute Gasteiger partial charge is 0.390 e. The second kappa shape index (κ2) is 2.98. The minimum absolute atomic E-state index is 0.0354. The van der Waals surface area contributed by atoms with Gasteiger partial charge >= 0.3 is 0 Å². The molecule has 0 saturated heterocycles. The predicted molar refractivity (Wildman–Crippen MR) is 43.7 cm³/mol. The Hall–Kier alpha value is 0.0600. The van der Waals surface area contributed by atoms with Gasteiger partial charge in [-0.1, -0.05) is 0 Å². The predicted octanol–water partition coefficient (Wildman–Crippen LogP) is -0.0001000. The second-order valence-corrected chi connectivity index (χ2v) is 3.46. The van der Waals surface area contributed by atoms with Crippen molar-refractivity contribution in [2.24, 2.45) is 0 Å². The van der Waals surface area contributed by atoms with Crippen LogP contribution >= 0.6 is 22.6 Å². The van der Waals surface area contributed by atoms with E-state index in [1.54, 1.807) is 0 Å². The van der Waals surface area contributed by atoms with E-state index in [0.717, 1.165) is 0 Å². The van der Waals surface area contributed by atoms with Crippen LogP contribution in [0.4, 0.5) is 0 Å². The summed E-state index contributed by atoms with van der Waals surface area (Å²) in [5.41, 5.74) is 0. The number of halogens is 1. The number of hydrogen-bond acceptors (Lipinski definition) is 3. The Morgan fingerprint density at radius 1 is 1.60 bits per heavy atom.